The zero-order chi connectivity index (χ0) is 21.3. The van der Waals surface area contributed by atoms with Crippen molar-refractivity contribution in [3.8, 4) is 11.1 Å². The summed E-state index contributed by atoms with van der Waals surface area (Å²) in [5.41, 5.74) is 7.99. The molecule has 0 aliphatic carbocycles. The molecule has 3 heterocycles. The Morgan fingerprint density at radius 3 is 2.70 bits per heavy atom. The number of hydrogen-bond acceptors (Lipinski definition) is 6. The van der Waals surface area contributed by atoms with Crippen LogP contribution < -0.4 is 16.4 Å². The lowest BCUT2D eigenvalue weighted by Crippen LogP contribution is -2.28. The first-order chi connectivity index (χ1) is 14.3. The number of carbonyl (C=O) groups is 1. The number of nitrogens with two attached hydrogens (primary N) is 1. The summed E-state index contributed by atoms with van der Waals surface area (Å²) in [4.78, 5) is 24.3. The third kappa shape index (κ3) is 3.93. The smallest absolute Gasteiger partial charge is 0.397 e. The predicted octanol–water partition coefficient (Wildman–Crippen LogP) is 3.56. The highest BCUT2D eigenvalue weighted by Gasteiger charge is 2.32. The molecule has 0 saturated heterocycles. The van der Waals surface area contributed by atoms with Gasteiger partial charge in [-0.2, -0.15) is 13.2 Å². The molecule has 0 spiro atoms. The lowest BCUT2D eigenvalue weighted by Gasteiger charge is -2.19. The van der Waals surface area contributed by atoms with Crippen LogP contribution >= 0.6 is 0 Å². The fourth-order valence-corrected chi connectivity index (χ4v) is 3.03. The molecule has 0 saturated carbocycles. The summed E-state index contributed by atoms with van der Waals surface area (Å²) in [6.07, 6.45) is -0.462. The van der Waals surface area contributed by atoms with E-state index in [2.05, 4.69) is 25.6 Å². The molecular weight excluding hydrogens is 397 g/mol. The van der Waals surface area contributed by atoms with Gasteiger partial charge in [0.2, 0.25) is 0 Å². The molecule has 4 rings (SSSR count). The second-order valence-corrected chi connectivity index (χ2v) is 6.49. The molecule has 0 atom stereocenters. The van der Waals surface area contributed by atoms with Crippen LogP contribution in [0.5, 0.6) is 0 Å². The van der Waals surface area contributed by atoms with E-state index in [9.17, 15) is 18.0 Å². The van der Waals surface area contributed by atoms with Crippen molar-refractivity contribution in [1.82, 2.24) is 9.97 Å². The van der Waals surface area contributed by atoms with Crippen LogP contribution in [0.1, 0.15) is 11.3 Å². The van der Waals surface area contributed by atoms with Crippen LogP contribution in [0.15, 0.2) is 60.0 Å². The summed E-state index contributed by atoms with van der Waals surface area (Å²) in [7, 11) is 0. The molecule has 1 aliphatic heterocycles. The van der Waals surface area contributed by atoms with Crippen LogP contribution in [0.2, 0.25) is 0 Å². The molecule has 0 fully saturated rings. The summed E-state index contributed by atoms with van der Waals surface area (Å²) in [5.74, 6) is -0.625. The molecule has 3 aromatic rings. The number of nitrogen functional groups attached to an aromatic ring is 1. The summed E-state index contributed by atoms with van der Waals surface area (Å²) in [6.45, 7) is 0.166. The minimum Gasteiger partial charge on any atom is -0.397 e. The largest absolute Gasteiger partial charge is 0.433 e. The molecule has 0 radical (unpaired) electrons. The molecule has 10 heteroatoms. The van der Waals surface area contributed by atoms with Gasteiger partial charge in [0.05, 0.1) is 5.69 Å². The van der Waals surface area contributed by atoms with Crippen molar-refractivity contribution in [3.05, 3.63) is 66.2 Å². The van der Waals surface area contributed by atoms with Gasteiger partial charge in [0, 0.05) is 41.1 Å². The average Bonchev–Trinajstić information content (AvgIpc) is 2.72. The quantitative estimate of drug-likeness (QED) is 0.610. The monoisotopic (exact) mass is 412 g/mol. The number of hydrogen-bond donors (Lipinski definition) is 3. The summed E-state index contributed by atoms with van der Waals surface area (Å²) >= 11 is 0. The van der Waals surface area contributed by atoms with E-state index in [1.807, 2.05) is 6.07 Å². The Bertz CT molecular complexity index is 1160. The van der Waals surface area contributed by atoms with E-state index in [1.165, 1.54) is 12.3 Å². The van der Waals surface area contributed by atoms with Gasteiger partial charge in [-0.3, -0.25) is 19.8 Å². The van der Waals surface area contributed by atoms with E-state index in [0.717, 1.165) is 23.4 Å². The van der Waals surface area contributed by atoms with E-state index in [0.29, 0.717) is 16.9 Å². The normalized spacial score (nSPS) is 13.1. The van der Waals surface area contributed by atoms with Crippen molar-refractivity contribution in [2.45, 2.75) is 6.18 Å². The summed E-state index contributed by atoms with van der Waals surface area (Å²) < 4.78 is 38.6. The van der Waals surface area contributed by atoms with Gasteiger partial charge in [0.15, 0.2) is 0 Å². The molecule has 1 amide bonds. The number of rotatable bonds is 3. The topological polar surface area (TPSA) is 105 Å². The maximum atomic E-state index is 12.9. The third-order valence-corrected chi connectivity index (χ3v) is 4.40. The number of pyridine rings is 2. The van der Waals surface area contributed by atoms with Crippen LogP contribution in [0.25, 0.3) is 11.1 Å². The second-order valence-electron chi connectivity index (χ2n) is 6.49. The summed E-state index contributed by atoms with van der Waals surface area (Å²) in [6, 6.07) is 9.20. The number of benzene rings is 1. The van der Waals surface area contributed by atoms with Crippen LogP contribution in [0, 0.1) is 0 Å². The van der Waals surface area contributed by atoms with E-state index in [4.69, 9.17) is 5.73 Å². The maximum absolute atomic E-state index is 12.9. The number of alkyl halides is 3. The van der Waals surface area contributed by atoms with Gasteiger partial charge in [-0.15, -0.1) is 0 Å². The van der Waals surface area contributed by atoms with Crippen LogP contribution in [0.3, 0.4) is 0 Å². The van der Waals surface area contributed by atoms with Gasteiger partial charge in [-0.1, -0.05) is 6.07 Å². The Morgan fingerprint density at radius 2 is 1.93 bits per heavy atom. The maximum Gasteiger partial charge on any atom is 0.433 e. The number of aromatic nitrogens is 2. The van der Waals surface area contributed by atoms with E-state index < -0.39 is 17.8 Å². The predicted molar refractivity (Wildman–Crippen MR) is 107 cm³/mol. The van der Waals surface area contributed by atoms with Crippen LogP contribution in [-0.2, 0) is 11.0 Å². The first-order valence-electron chi connectivity index (χ1n) is 8.79. The highest BCUT2D eigenvalue weighted by molar-refractivity contribution is 6.50. The molecule has 1 aromatic carbocycles. The zero-order valence-electron chi connectivity index (χ0n) is 15.4. The van der Waals surface area contributed by atoms with Gasteiger partial charge in [0.25, 0.3) is 5.91 Å². The number of aliphatic imine (C=N–C) groups is 1. The van der Waals surface area contributed by atoms with Gasteiger partial charge < -0.3 is 16.4 Å². The number of nitrogens with zero attached hydrogens (tertiary/aromatic N) is 3. The standard InChI is InChI=1S/C20H15F3N6O/c21-20(22,23)17-7-14(3-4-26-17)29-19(30)18-15-6-11(1-2-16(15)27-10-28-18)12-5-13(24)9-25-8-12/h1-9,27H,10,24H2,(H,26,29,30). The van der Waals surface area contributed by atoms with Gasteiger partial charge in [0.1, 0.15) is 18.1 Å². The van der Waals surface area contributed by atoms with Crippen molar-refractivity contribution < 1.29 is 18.0 Å². The highest BCUT2D eigenvalue weighted by atomic mass is 19.4. The minimum atomic E-state index is -4.61. The van der Waals surface area contributed by atoms with E-state index in [1.54, 1.807) is 24.4 Å². The molecule has 152 valence electrons. The van der Waals surface area contributed by atoms with Crippen molar-refractivity contribution in [1.29, 1.82) is 0 Å². The average molecular weight is 412 g/mol. The first kappa shape index (κ1) is 19.4. The zero-order valence-corrected chi connectivity index (χ0v) is 15.4. The number of nitrogens with one attached hydrogen (secondary N) is 2. The number of halogens is 3. The van der Waals surface area contributed by atoms with Crippen molar-refractivity contribution in [2.75, 3.05) is 23.0 Å². The van der Waals surface area contributed by atoms with Gasteiger partial charge in [-0.25, -0.2) is 0 Å². The molecular formula is C20H15F3N6O. The highest BCUT2D eigenvalue weighted by Crippen LogP contribution is 2.30. The Hall–Kier alpha value is -3.95. The minimum absolute atomic E-state index is 0.0266. The fourth-order valence-electron chi connectivity index (χ4n) is 3.03. The van der Waals surface area contributed by atoms with Crippen LogP contribution in [0.4, 0.5) is 30.2 Å². The molecule has 2 aromatic heterocycles. The Balaban J connectivity index is 1.64. The molecule has 4 N–H and O–H groups in total. The number of fused-ring (bicyclic) bond motifs is 1. The number of carbonyl (C=O) groups excluding carboxylic acids is 1. The number of amides is 1. The van der Waals surface area contributed by atoms with Crippen molar-refractivity contribution in [3.63, 3.8) is 0 Å². The molecule has 7 nitrogen and oxygen atoms in total. The molecule has 1 aliphatic rings. The molecule has 0 unspecified atom stereocenters. The first-order valence-corrected chi connectivity index (χ1v) is 8.79. The van der Waals surface area contributed by atoms with E-state index in [-0.39, 0.29) is 18.1 Å². The Kier molecular flexibility index (Phi) is 4.82. The fraction of sp³-hybridized carbons (Fsp3) is 0.100. The SMILES string of the molecule is Nc1cncc(-c2ccc3c(c2)C(C(=O)Nc2ccnc(C(F)(F)F)c2)=NCN3)c1. The second kappa shape index (κ2) is 7.47. The third-order valence-electron chi connectivity index (χ3n) is 4.40. The summed E-state index contributed by atoms with van der Waals surface area (Å²) in [5, 5.41) is 5.53. The van der Waals surface area contributed by atoms with Crippen molar-refractivity contribution >= 4 is 28.7 Å². The van der Waals surface area contributed by atoms with Crippen LogP contribution in [-0.4, -0.2) is 28.3 Å². The molecule has 30 heavy (non-hydrogen) atoms. The van der Waals surface area contributed by atoms with Crippen molar-refractivity contribution in [2.24, 2.45) is 4.99 Å². The lowest BCUT2D eigenvalue weighted by atomic mass is 9.98. The Morgan fingerprint density at radius 1 is 1.10 bits per heavy atom. The van der Waals surface area contributed by atoms with Gasteiger partial charge >= 0.3 is 6.18 Å². The number of anilines is 3. The lowest BCUT2D eigenvalue weighted by molar-refractivity contribution is -0.141. The van der Waals surface area contributed by atoms with Gasteiger partial charge in [-0.05, 0) is 35.9 Å². The van der Waals surface area contributed by atoms with E-state index >= 15 is 0 Å². The Labute approximate surface area is 168 Å². The molecule has 0 bridgehead atoms.